The average Bonchev–Trinajstić information content (AvgIpc) is 3.50. The second kappa shape index (κ2) is 11.7. The first-order valence-corrected chi connectivity index (χ1v) is 15.4. The van der Waals surface area contributed by atoms with E-state index in [2.05, 4.69) is 27.6 Å². The number of rotatable bonds is 6. The van der Waals surface area contributed by atoms with Crippen LogP contribution in [0.3, 0.4) is 0 Å². The van der Waals surface area contributed by atoms with Crippen LogP contribution < -0.4 is 0 Å². The van der Waals surface area contributed by atoms with Crippen molar-refractivity contribution in [3.8, 4) is 45.2 Å². The Bertz CT molecular complexity index is 2510. The number of hydrogen-bond acceptors (Lipinski definition) is 7. The van der Waals surface area contributed by atoms with Crippen LogP contribution in [0.4, 0.5) is 5.69 Å². The minimum absolute atomic E-state index is 0.155. The van der Waals surface area contributed by atoms with Gasteiger partial charge < -0.3 is 4.42 Å². The number of pyridine rings is 1. The molecule has 47 heavy (non-hydrogen) atoms. The van der Waals surface area contributed by atoms with Gasteiger partial charge in [-0.15, -0.1) is 0 Å². The third kappa shape index (κ3) is 5.03. The molecule has 0 N–H and O–H groups in total. The molecule has 0 bridgehead atoms. The lowest BCUT2D eigenvalue weighted by atomic mass is 9.97. The third-order valence-electron chi connectivity index (χ3n) is 8.05. The van der Waals surface area contributed by atoms with Crippen LogP contribution in [0.5, 0.6) is 0 Å². The van der Waals surface area contributed by atoms with E-state index in [0.29, 0.717) is 22.6 Å². The topological polar surface area (TPSA) is 90.0 Å². The summed E-state index contributed by atoms with van der Waals surface area (Å²) < 4.78 is 6.19. The Kier molecular flexibility index (Phi) is 7.08. The lowest BCUT2D eigenvalue weighted by molar-refractivity contribution is 0.667. The molecule has 0 atom stereocenters. The Labute approximate surface area is 275 Å². The molecule has 224 valence electrons. The standard InChI is InChI=1S/C39H25ClN6O/c1-3-27-29(21-26-13-10-20-42-33(26)35(27)41-4-2)31-22-30(23-11-6-5-7-12-23)43-38(44-31)25-18-16-24(17-19-25)34-37-36(46-39(40)45-34)28-14-8-9-15-32(28)47-37/h3-22H,1H2,2H3. The van der Waals surface area contributed by atoms with E-state index < -0.39 is 0 Å². The number of nitrogens with zero attached hydrogens (tertiary/aromatic N) is 6. The van der Waals surface area contributed by atoms with Crippen molar-refractivity contribution in [1.29, 1.82) is 0 Å². The van der Waals surface area contributed by atoms with Crippen molar-refractivity contribution in [1.82, 2.24) is 24.9 Å². The number of furan rings is 1. The van der Waals surface area contributed by atoms with Crippen LogP contribution in [0.1, 0.15) is 12.5 Å². The quantitative estimate of drug-likeness (QED) is 0.134. The lowest BCUT2D eigenvalue weighted by Crippen LogP contribution is -1.98. The highest BCUT2D eigenvalue weighted by atomic mass is 35.5. The predicted octanol–water partition coefficient (Wildman–Crippen LogP) is 10.4. The van der Waals surface area contributed by atoms with Crippen molar-refractivity contribution in [2.45, 2.75) is 6.92 Å². The zero-order valence-electron chi connectivity index (χ0n) is 25.2. The summed E-state index contributed by atoms with van der Waals surface area (Å²) in [6, 6.07) is 33.8. The molecule has 0 radical (unpaired) electrons. The van der Waals surface area contributed by atoms with Gasteiger partial charge in [-0.05, 0) is 48.9 Å². The van der Waals surface area contributed by atoms with Gasteiger partial charge in [0.25, 0.3) is 0 Å². The van der Waals surface area contributed by atoms with Gasteiger partial charge in [0.15, 0.2) is 11.4 Å². The number of halogens is 1. The van der Waals surface area contributed by atoms with Gasteiger partial charge in [0, 0.05) is 51.0 Å². The minimum atomic E-state index is 0.155. The Hall–Kier alpha value is -6.05. The highest BCUT2D eigenvalue weighted by Gasteiger charge is 2.19. The first kappa shape index (κ1) is 28.4. The molecule has 8 aromatic rings. The molecule has 0 saturated heterocycles. The van der Waals surface area contributed by atoms with Crippen LogP contribution >= 0.6 is 11.6 Å². The van der Waals surface area contributed by atoms with Gasteiger partial charge in [-0.2, -0.15) is 0 Å². The highest BCUT2D eigenvalue weighted by Crippen LogP contribution is 2.39. The smallest absolute Gasteiger partial charge is 0.223 e. The second-order valence-electron chi connectivity index (χ2n) is 10.9. The van der Waals surface area contributed by atoms with Crippen LogP contribution in [0.15, 0.2) is 125 Å². The van der Waals surface area contributed by atoms with E-state index in [4.69, 9.17) is 31.0 Å². The molecule has 0 fully saturated rings. The molecular formula is C39H25ClN6O. The molecule has 0 spiro atoms. The Morgan fingerprint density at radius 3 is 2.32 bits per heavy atom. The van der Waals surface area contributed by atoms with Crippen LogP contribution in [-0.4, -0.2) is 31.1 Å². The number of para-hydroxylation sites is 1. The van der Waals surface area contributed by atoms with Crippen LogP contribution in [0.2, 0.25) is 5.28 Å². The molecule has 0 aliphatic carbocycles. The lowest BCUT2D eigenvalue weighted by Gasteiger charge is -2.14. The van der Waals surface area contributed by atoms with Crippen molar-refractivity contribution in [3.05, 3.63) is 127 Å². The fourth-order valence-corrected chi connectivity index (χ4v) is 6.08. The van der Waals surface area contributed by atoms with Crippen LogP contribution in [0.25, 0.3) is 84.2 Å². The van der Waals surface area contributed by atoms with Gasteiger partial charge >= 0.3 is 0 Å². The number of aromatic nitrogens is 5. The van der Waals surface area contributed by atoms with Gasteiger partial charge in [-0.25, -0.2) is 19.9 Å². The van der Waals surface area contributed by atoms with E-state index in [1.165, 1.54) is 0 Å². The van der Waals surface area contributed by atoms with Crippen LogP contribution in [-0.2, 0) is 0 Å². The molecule has 7 nitrogen and oxygen atoms in total. The summed E-state index contributed by atoms with van der Waals surface area (Å²) in [5.74, 6) is 0.573. The summed E-state index contributed by atoms with van der Waals surface area (Å²) >= 11 is 6.40. The number of hydrogen-bond donors (Lipinski definition) is 0. The molecule has 4 aromatic heterocycles. The van der Waals surface area contributed by atoms with Crippen LogP contribution in [0, 0.1) is 0 Å². The molecule has 0 aliphatic rings. The number of aliphatic imine (C=N–C) groups is 1. The average molecular weight is 629 g/mol. The first-order valence-electron chi connectivity index (χ1n) is 15.0. The zero-order valence-corrected chi connectivity index (χ0v) is 26.0. The summed E-state index contributed by atoms with van der Waals surface area (Å²) in [6.45, 7) is 6.03. The fraction of sp³-hybridized carbons (Fsp3) is 0.0256. The minimum Gasteiger partial charge on any atom is -0.452 e. The number of benzene rings is 4. The fourth-order valence-electron chi connectivity index (χ4n) is 5.91. The largest absolute Gasteiger partial charge is 0.452 e. The van der Waals surface area contributed by atoms with Crippen molar-refractivity contribution in [2.75, 3.05) is 0 Å². The van der Waals surface area contributed by atoms with Gasteiger partial charge in [0.1, 0.15) is 16.8 Å². The van der Waals surface area contributed by atoms with Gasteiger partial charge in [0.05, 0.1) is 22.6 Å². The molecule has 8 heteroatoms. The summed E-state index contributed by atoms with van der Waals surface area (Å²) in [5.41, 5.74) is 10.1. The van der Waals surface area contributed by atoms with E-state index >= 15 is 0 Å². The van der Waals surface area contributed by atoms with E-state index in [0.717, 1.165) is 66.8 Å². The molecule has 4 aromatic carbocycles. The highest BCUT2D eigenvalue weighted by molar-refractivity contribution is 6.29. The predicted molar refractivity (Wildman–Crippen MR) is 191 cm³/mol. The summed E-state index contributed by atoms with van der Waals surface area (Å²) in [6.07, 6.45) is 5.36. The van der Waals surface area contributed by atoms with Crippen molar-refractivity contribution >= 4 is 62.6 Å². The molecular weight excluding hydrogens is 604 g/mol. The Morgan fingerprint density at radius 1 is 0.745 bits per heavy atom. The molecule has 0 aliphatic heterocycles. The SMILES string of the molecule is C=Cc1c(-c2cc(-c3ccccc3)nc(-c3ccc(-c4nc(Cl)nc5c4oc4ccccc45)cc3)n2)cc2cccnc2c1N=CC. The molecule has 4 heterocycles. The maximum Gasteiger partial charge on any atom is 0.223 e. The van der Waals surface area contributed by atoms with Crippen molar-refractivity contribution < 1.29 is 4.42 Å². The number of fused-ring (bicyclic) bond motifs is 4. The van der Waals surface area contributed by atoms with E-state index in [1.807, 2.05) is 110 Å². The van der Waals surface area contributed by atoms with E-state index in [-0.39, 0.29) is 5.28 Å². The van der Waals surface area contributed by atoms with Crippen molar-refractivity contribution in [3.63, 3.8) is 0 Å². The third-order valence-corrected chi connectivity index (χ3v) is 8.22. The second-order valence-corrected chi connectivity index (χ2v) is 11.2. The Morgan fingerprint density at radius 2 is 1.51 bits per heavy atom. The zero-order chi connectivity index (χ0) is 31.9. The van der Waals surface area contributed by atoms with Gasteiger partial charge in [-0.1, -0.05) is 85.5 Å². The summed E-state index contributed by atoms with van der Waals surface area (Å²) in [7, 11) is 0. The first-order chi connectivity index (χ1) is 23.1. The normalized spacial score (nSPS) is 11.6. The Balaban J connectivity index is 1.30. The maximum absolute atomic E-state index is 6.40. The monoisotopic (exact) mass is 628 g/mol. The van der Waals surface area contributed by atoms with E-state index in [1.54, 1.807) is 12.4 Å². The van der Waals surface area contributed by atoms with Crippen molar-refractivity contribution in [2.24, 2.45) is 4.99 Å². The van der Waals surface area contributed by atoms with Gasteiger partial charge in [0.2, 0.25) is 5.28 Å². The molecule has 0 amide bonds. The summed E-state index contributed by atoms with van der Waals surface area (Å²) in [4.78, 5) is 28.5. The van der Waals surface area contributed by atoms with Gasteiger partial charge in [-0.3, -0.25) is 9.98 Å². The maximum atomic E-state index is 6.40. The molecule has 0 unspecified atom stereocenters. The van der Waals surface area contributed by atoms with E-state index in [9.17, 15) is 0 Å². The molecule has 0 saturated carbocycles. The summed E-state index contributed by atoms with van der Waals surface area (Å²) in [5, 5.41) is 2.00. The molecule has 8 rings (SSSR count).